The van der Waals surface area contributed by atoms with Gasteiger partial charge in [-0.25, -0.2) is 0 Å². The van der Waals surface area contributed by atoms with E-state index in [4.69, 9.17) is 14.2 Å². The molecule has 196 valence electrons. The molecule has 2 aliphatic rings. The Morgan fingerprint density at radius 2 is 1.74 bits per heavy atom. The fraction of sp³-hybridized carbons (Fsp3) is 0.290. The van der Waals surface area contributed by atoms with Crippen LogP contribution in [-0.4, -0.2) is 41.5 Å². The lowest BCUT2D eigenvalue weighted by atomic mass is 9.94. The van der Waals surface area contributed by atoms with Gasteiger partial charge in [-0.3, -0.25) is 9.59 Å². The fourth-order valence-corrected chi connectivity index (χ4v) is 4.98. The van der Waals surface area contributed by atoms with Crippen LogP contribution in [0.1, 0.15) is 48.6 Å². The number of carbonyl (C=O) groups is 2. The number of hydrogen-bond acceptors (Lipinski definition) is 6. The maximum absolute atomic E-state index is 13.4. The Bertz CT molecular complexity index is 1370. The van der Waals surface area contributed by atoms with E-state index >= 15 is 0 Å². The standard InChI is InChI=1S/C31H31NO6/c1-19(2)38-25-13-8-21(9-14-25)28-27(29(33)23-10-15-26-22(17-23)5-4-16-37-26)30(34)31(35)32(28)18-20-6-11-24(36-3)12-7-20/h6-15,17,19,28,33H,4-5,16,18H2,1-3H3/b29-27-. The summed E-state index contributed by atoms with van der Waals surface area (Å²) in [6, 6.07) is 19.3. The quantitative estimate of drug-likeness (QED) is 0.258. The summed E-state index contributed by atoms with van der Waals surface area (Å²) < 4.78 is 16.7. The van der Waals surface area contributed by atoms with Gasteiger partial charge in [-0.2, -0.15) is 0 Å². The van der Waals surface area contributed by atoms with Gasteiger partial charge in [0.05, 0.1) is 31.4 Å². The Morgan fingerprint density at radius 1 is 1.03 bits per heavy atom. The number of ether oxygens (including phenoxy) is 3. The van der Waals surface area contributed by atoms with E-state index in [-0.39, 0.29) is 24.0 Å². The fourth-order valence-electron chi connectivity index (χ4n) is 4.98. The third-order valence-corrected chi connectivity index (χ3v) is 6.80. The van der Waals surface area contributed by atoms with Crippen molar-refractivity contribution in [1.29, 1.82) is 0 Å². The van der Waals surface area contributed by atoms with Gasteiger partial charge < -0.3 is 24.2 Å². The number of nitrogens with zero attached hydrogens (tertiary/aromatic N) is 1. The second-order valence-corrected chi connectivity index (χ2v) is 9.79. The van der Waals surface area contributed by atoms with Gasteiger partial charge in [0.15, 0.2) is 0 Å². The number of Topliss-reactive ketones (excluding diaryl/α,β-unsaturated/α-hetero) is 1. The zero-order valence-electron chi connectivity index (χ0n) is 21.8. The van der Waals surface area contributed by atoms with Crippen LogP contribution in [0.3, 0.4) is 0 Å². The molecule has 1 atom stereocenters. The van der Waals surface area contributed by atoms with Crippen LogP contribution >= 0.6 is 0 Å². The van der Waals surface area contributed by atoms with Crippen LogP contribution in [0.2, 0.25) is 0 Å². The molecule has 0 radical (unpaired) electrons. The molecule has 0 spiro atoms. The molecule has 1 saturated heterocycles. The average molecular weight is 514 g/mol. The summed E-state index contributed by atoms with van der Waals surface area (Å²) in [7, 11) is 1.59. The number of benzene rings is 3. The van der Waals surface area contributed by atoms with Crippen molar-refractivity contribution in [2.45, 2.75) is 45.4 Å². The second-order valence-electron chi connectivity index (χ2n) is 9.79. The predicted molar refractivity (Wildman–Crippen MR) is 143 cm³/mol. The van der Waals surface area contributed by atoms with E-state index in [1.807, 2.05) is 74.5 Å². The van der Waals surface area contributed by atoms with Crippen molar-refractivity contribution in [3.63, 3.8) is 0 Å². The molecule has 0 bridgehead atoms. The highest BCUT2D eigenvalue weighted by Gasteiger charge is 2.46. The normalized spacial score (nSPS) is 18.3. The van der Waals surface area contributed by atoms with Crippen molar-refractivity contribution in [3.8, 4) is 17.2 Å². The number of carbonyl (C=O) groups excluding carboxylic acids is 2. The minimum Gasteiger partial charge on any atom is -0.507 e. The first-order valence-electron chi connectivity index (χ1n) is 12.8. The highest BCUT2D eigenvalue weighted by Crippen LogP contribution is 2.41. The lowest BCUT2D eigenvalue weighted by Gasteiger charge is -2.26. The summed E-state index contributed by atoms with van der Waals surface area (Å²) in [4.78, 5) is 28.3. The number of amides is 1. The molecule has 1 amide bonds. The van der Waals surface area contributed by atoms with Crippen molar-refractivity contribution < 1.29 is 28.9 Å². The summed E-state index contributed by atoms with van der Waals surface area (Å²) in [6.07, 6.45) is 1.71. The Labute approximate surface area is 222 Å². The van der Waals surface area contributed by atoms with Crippen molar-refractivity contribution in [3.05, 3.63) is 94.6 Å². The molecular formula is C31H31NO6. The monoisotopic (exact) mass is 513 g/mol. The minimum absolute atomic E-state index is 0.00884. The highest BCUT2D eigenvalue weighted by atomic mass is 16.5. The molecule has 1 unspecified atom stereocenters. The van der Waals surface area contributed by atoms with Crippen molar-refractivity contribution >= 4 is 17.4 Å². The van der Waals surface area contributed by atoms with Crippen molar-refractivity contribution in [1.82, 2.24) is 4.90 Å². The predicted octanol–water partition coefficient (Wildman–Crippen LogP) is 5.43. The van der Waals surface area contributed by atoms with Gasteiger partial charge in [-0.05, 0) is 85.8 Å². The smallest absolute Gasteiger partial charge is 0.295 e. The first-order valence-corrected chi connectivity index (χ1v) is 12.8. The van der Waals surface area contributed by atoms with Crippen molar-refractivity contribution in [2.24, 2.45) is 0 Å². The highest BCUT2D eigenvalue weighted by molar-refractivity contribution is 6.46. The maximum Gasteiger partial charge on any atom is 0.295 e. The molecule has 0 aromatic heterocycles. The number of rotatable bonds is 7. The first-order chi connectivity index (χ1) is 18.4. The van der Waals surface area contributed by atoms with Crippen LogP contribution in [0.25, 0.3) is 5.76 Å². The maximum atomic E-state index is 13.4. The lowest BCUT2D eigenvalue weighted by Crippen LogP contribution is -2.29. The molecule has 0 saturated carbocycles. The van der Waals surface area contributed by atoms with Gasteiger partial charge in [0.1, 0.15) is 23.0 Å². The number of likely N-dealkylation sites (tertiary alicyclic amines) is 1. The molecule has 2 aliphatic heterocycles. The van der Waals surface area contributed by atoms with Crippen LogP contribution in [0.4, 0.5) is 0 Å². The molecule has 7 heteroatoms. The lowest BCUT2D eigenvalue weighted by molar-refractivity contribution is -0.140. The third-order valence-electron chi connectivity index (χ3n) is 6.80. The molecular weight excluding hydrogens is 482 g/mol. The molecule has 3 aromatic rings. The van der Waals surface area contributed by atoms with Gasteiger partial charge in [0.2, 0.25) is 0 Å². The van der Waals surface area contributed by atoms with Gasteiger partial charge in [0.25, 0.3) is 11.7 Å². The van der Waals surface area contributed by atoms with Crippen LogP contribution < -0.4 is 14.2 Å². The molecule has 7 nitrogen and oxygen atoms in total. The Morgan fingerprint density at radius 3 is 2.42 bits per heavy atom. The van der Waals surface area contributed by atoms with Crippen LogP contribution in [-0.2, 0) is 22.6 Å². The van der Waals surface area contributed by atoms with Crippen LogP contribution in [0, 0.1) is 0 Å². The van der Waals surface area contributed by atoms with E-state index in [9.17, 15) is 14.7 Å². The van der Waals surface area contributed by atoms with E-state index in [0.29, 0.717) is 29.2 Å². The number of aliphatic hydroxyl groups is 1. The number of hydrogen-bond donors (Lipinski definition) is 1. The third kappa shape index (κ3) is 4.96. The molecule has 2 heterocycles. The second kappa shape index (κ2) is 10.6. The number of aryl methyl sites for hydroxylation is 1. The SMILES string of the molecule is COc1ccc(CN2C(=O)C(=O)/C(=C(\O)c3ccc4c(c3)CCCO4)C2c2ccc(OC(C)C)cc2)cc1. The molecule has 3 aromatic carbocycles. The van der Waals surface area contributed by atoms with E-state index in [1.54, 1.807) is 13.2 Å². The number of aliphatic hydroxyl groups excluding tert-OH is 1. The van der Waals surface area contributed by atoms with Gasteiger partial charge in [0, 0.05) is 12.1 Å². The van der Waals surface area contributed by atoms with Gasteiger partial charge in [-0.1, -0.05) is 24.3 Å². The van der Waals surface area contributed by atoms with E-state index in [0.717, 1.165) is 29.7 Å². The Hall–Kier alpha value is -4.26. The van der Waals surface area contributed by atoms with E-state index in [2.05, 4.69) is 0 Å². The van der Waals surface area contributed by atoms with E-state index in [1.165, 1.54) is 4.90 Å². The molecule has 1 fully saturated rings. The van der Waals surface area contributed by atoms with E-state index < -0.39 is 17.7 Å². The summed E-state index contributed by atoms with van der Waals surface area (Å²) >= 11 is 0. The molecule has 5 rings (SSSR count). The zero-order chi connectivity index (χ0) is 26.8. The van der Waals surface area contributed by atoms with Crippen LogP contribution in [0.15, 0.2) is 72.3 Å². The Balaban J connectivity index is 1.58. The van der Waals surface area contributed by atoms with Crippen LogP contribution in [0.5, 0.6) is 17.2 Å². The number of ketones is 1. The largest absolute Gasteiger partial charge is 0.507 e. The zero-order valence-corrected chi connectivity index (χ0v) is 21.8. The average Bonchev–Trinajstić information content (AvgIpc) is 3.18. The molecule has 0 aliphatic carbocycles. The minimum atomic E-state index is -0.766. The molecule has 38 heavy (non-hydrogen) atoms. The number of fused-ring (bicyclic) bond motifs is 1. The first kappa shape index (κ1) is 25.4. The number of methoxy groups -OCH3 is 1. The summed E-state index contributed by atoms with van der Waals surface area (Å²) in [5.74, 6) is 0.607. The van der Waals surface area contributed by atoms with Gasteiger partial charge >= 0.3 is 0 Å². The Kier molecular flexibility index (Phi) is 7.09. The summed E-state index contributed by atoms with van der Waals surface area (Å²) in [5, 5.41) is 11.5. The summed E-state index contributed by atoms with van der Waals surface area (Å²) in [6.45, 7) is 4.74. The molecule has 1 N–H and O–H groups in total. The summed E-state index contributed by atoms with van der Waals surface area (Å²) in [5.41, 5.74) is 3.07. The van der Waals surface area contributed by atoms with Gasteiger partial charge in [-0.15, -0.1) is 0 Å². The van der Waals surface area contributed by atoms with Crippen molar-refractivity contribution in [2.75, 3.05) is 13.7 Å². The topological polar surface area (TPSA) is 85.3 Å².